The first kappa shape index (κ1) is 8.55. The molecule has 4 N–H and O–H groups in total. The smallest absolute Gasteiger partial charge is 0.318 e. The largest absolute Gasteiger partial charge is 0.351 e. The molecule has 1 aromatic heterocycles. The normalized spacial score (nSPS) is 10.4. The van der Waals surface area contributed by atoms with Gasteiger partial charge in [0.1, 0.15) is 0 Å². The summed E-state index contributed by atoms with van der Waals surface area (Å²) in [6.07, 6.45) is 0. The van der Waals surface area contributed by atoms with Gasteiger partial charge >= 0.3 is 6.03 Å². The van der Waals surface area contributed by atoms with Crippen LogP contribution in [-0.4, -0.2) is 16.0 Å². The van der Waals surface area contributed by atoms with Crippen LogP contribution < -0.4 is 11.1 Å². The van der Waals surface area contributed by atoms with E-state index in [4.69, 9.17) is 5.73 Å². The summed E-state index contributed by atoms with van der Waals surface area (Å²) in [6.45, 7) is 1.99. The van der Waals surface area contributed by atoms with Crippen LogP contribution in [-0.2, 0) is 0 Å². The van der Waals surface area contributed by atoms with Gasteiger partial charge in [0.2, 0.25) is 5.95 Å². The molecule has 5 nitrogen and oxygen atoms in total. The molecule has 0 fully saturated rings. The third-order valence-electron chi connectivity index (χ3n) is 1.88. The van der Waals surface area contributed by atoms with E-state index in [9.17, 15) is 4.79 Å². The average molecular weight is 190 g/mol. The first-order valence-electron chi connectivity index (χ1n) is 4.18. The molecule has 0 spiro atoms. The van der Waals surface area contributed by atoms with E-state index in [1.165, 1.54) is 0 Å². The summed E-state index contributed by atoms with van der Waals surface area (Å²) in [4.78, 5) is 17.6. The number of carbonyl (C=O) groups is 1. The fourth-order valence-corrected chi connectivity index (χ4v) is 1.30. The van der Waals surface area contributed by atoms with Crippen molar-refractivity contribution in [1.29, 1.82) is 0 Å². The van der Waals surface area contributed by atoms with Gasteiger partial charge in [0, 0.05) is 0 Å². The molecule has 2 amide bonds. The van der Waals surface area contributed by atoms with Gasteiger partial charge in [-0.15, -0.1) is 0 Å². The number of nitrogens with zero attached hydrogens (tertiary/aromatic N) is 1. The van der Waals surface area contributed by atoms with Crippen molar-refractivity contribution in [2.24, 2.45) is 5.73 Å². The average Bonchev–Trinajstić information content (AvgIpc) is 2.44. The molecule has 0 aliphatic rings. The SMILES string of the molecule is Cc1ccc2nc(NC(N)=O)[nH]c2c1. The van der Waals surface area contributed by atoms with Crippen LogP contribution in [0.5, 0.6) is 0 Å². The van der Waals surface area contributed by atoms with E-state index in [0.29, 0.717) is 5.95 Å². The van der Waals surface area contributed by atoms with E-state index >= 15 is 0 Å². The lowest BCUT2D eigenvalue weighted by Crippen LogP contribution is -2.19. The zero-order valence-corrected chi connectivity index (χ0v) is 7.66. The van der Waals surface area contributed by atoms with Crippen LogP contribution in [0.3, 0.4) is 0 Å². The Morgan fingerprint density at radius 2 is 2.36 bits per heavy atom. The highest BCUT2D eigenvalue weighted by molar-refractivity contribution is 5.88. The number of nitrogens with one attached hydrogen (secondary N) is 2. The van der Waals surface area contributed by atoms with E-state index in [0.717, 1.165) is 16.6 Å². The Morgan fingerprint density at radius 1 is 1.57 bits per heavy atom. The summed E-state index contributed by atoms with van der Waals surface area (Å²) < 4.78 is 0. The van der Waals surface area contributed by atoms with Crippen LogP contribution >= 0.6 is 0 Å². The van der Waals surface area contributed by atoms with Crippen molar-refractivity contribution < 1.29 is 4.79 Å². The van der Waals surface area contributed by atoms with Crippen molar-refractivity contribution in [3.8, 4) is 0 Å². The number of carbonyl (C=O) groups excluding carboxylic acids is 1. The number of rotatable bonds is 1. The fourth-order valence-electron chi connectivity index (χ4n) is 1.30. The number of anilines is 1. The van der Waals surface area contributed by atoms with Gasteiger partial charge in [-0.1, -0.05) is 6.07 Å². The van der Waals surface area contributed by atoms with Crippen LogP contribution in [0.4, 0.5) is 10.7 Å². The fraction of sp³-hybridized carbons (Fsp3) is 0.111. The first-order chi connectivity index (χ1) is 6.65. The van der Waals surface area contributed by atoms with Crippen molar-refractivity contribution >= 4 is 23.0 Å². The molecule has 0 radical (unpaired) electrons. The van der Waals surface area contributed by atoms with E-state index in [1.807, 2.05) is 25.1 Å². The molecule has 0 atom stereocenters. The lowest BCUT2D eigenvalue weighted by atomic mass is 10.2. The van der Waals surface area contributed by atoms with Crippen molar-refractivity contribution in [3.63, 3.8) is 0 Å². The Morgan fingerprint density at radius 3 is 3.07 bits per heavy atom. The third-order valence-corrected chi connectivity index (χ3v) is 1.88. The quantitative estimate of drug-likeness (QED) is 0.634. The predicted molar refractivity (Wildman–Crippen MR) is 54.0 cm³/mol. The van der Waals surface area contributed by atoms with E-state index in [-0.39, 0.29) is 0 Å². The maximum atomic E-state index is 10.6. The molecule has 72 valence electrons. The van der Waals surface area contributed by atoms with Crippen LogP contribution in [0.1, 0.15) is 5.56 Å². The van der Waals surface area contributed by atoms with Gasteiger partial charge in [0.15, 0.2) is 0 Å². The minimum Gasteiger partial charge on any atom is -0.351 e. The maximum absolute atomic E-state index is 10.6. The van der Waals surface area contributed by atoms with Crippen molar-refractivity contribution in [3.05, 3.63) is 23.8 Å². The number of aromatic amines is 1. The van der Waals surface area contributed by atoms with Gasteiger partial charge < -0.3 is 10.7 Å². The molecule has 2 rings (SSSR count). The molecular weight excluding hydrogens is 180 g/mol. The van der Waals surface area contributed by atoms with Crippen molar-refractivity contribution in [2.75, 3.05) is 5.32 Å². The van der Waals surface area contributed by atoms with Gasteiger partial charge in [0.05, 0.1) is 11.0 Å². The molecule has 0 unspecified atom stereocenters. The minimum atomic E-state index is -0.624. The number of fused-ring (bicyclic) bond motifs is 1. The Labute approximate surface area is 80.3 Å². The van der Waals surface area contributed by atoms with Gasteiger partial charge in [-0.05, 0) is 24.6 Å². The zero-order chi connectivity index (χ0) is 10.1. The summed E-state index contributed by atoms with van der Waals surface area (Å²) in [5.41, 5.74) is 7.79. The molecule has 2 aromatic rings. The molecule has 0 saturated heterocycles. The van der Waals surface area contributed by atoms with Gasteiger partial charge in [-0.3, -0.25) is 5.32 Å². The summed E-state index contributed by atoms with van der Waals surface area (Å²) >= 11 is 0. The number of primary amides is 1. The molecule has 0 aliphatic heterocycles. The molecule has 0 bridgehead atoms. The van der Waals surface area contributed by atoms with E-state index < -0.39 is 6.03 Å². The second-order valence-electron chi connectivity index (χ2n) is 3.10. The van der Waals surface area contributed by atoms with E-state index in [1.54, 1.807) is 0 Å². The molecule has 5 heteroatoms. The number of aromatic nitrogens is 2. The van der Waals surface area contributed by atoms with Crippen molar-refractivity contribution in [1.82, 2.24) is 9.97 Å². The molecule has 1 heterocycles. The van der Waals surface area contributed by atoms with Crippen LogP contribution in [0.25, 0.3) is 11.0 Å². The monoisotopic (exact) mass is 190 g/mol. The molecule has 0 saturated carbocycles. The van der Waals surface area contributed by atoms with Crippen LogP contribution in [0.2, 0.25) is 0 Å². The lowest BCUT2D eigenvalue weighted by Gasteiger charge is -1.92. The number of aryl methyl sites for hydroxylation is 1. The zero-order valence-electron chi connectivity index (χ0n) is 7.66. The molecule has 1 aromatic carbocycles. The summed E-state index contributed by atoms with van der Waals surface area (Å²) in [6, 6.07) is 5.17. The summed E-state index contributed by atoms with van der Waals surface area (Å²) in [7, 11) is 0. The number of hydrogen-bond acceptors (Lipinski definition) is 2. The Hall–Kier alpha value is -2.04. The standard InChI is InChI=1S/C9H10N4O/c1-5-2-3-6-7(4-5)12-9(11-6)13-8(10)14/h2-4H,1H3,(H4,10,11,12,13,14). The molecule has 0 aliphatic carbocycles. The Balaban J connectivity index is 2.46. The highest BCUT2D eigenvalue weighted by Gasteiger charge is 2.03. The molecular formula is C9H10N4O. The number of H-pyrrole nitrogens is 1. The Kier molecular flexibility index (Phi) is 1.85. The van der Waals surface area contributed by atoms with Gasteiger partial charge in [0.25, 0.3) is 0 Å². The number of imidazole rings is 1. The number of hydrogen-bond donors (Lipinski definition) is 3. The highest BCUT2D eigenvalue weighted by atomic mass is 16.2. The highest BCUT2D eigenvalue weighted by Crippen LogP contribution is 2.15. The number of nitrogens with two attached hydrogens (primary N) is 1. The maximum Gasteiger partial charge on any atom is 0.318 e. The van der Waals surface area contributed by atoms with Crippen LogP contribution in [0, 0.1) is 6.92 Å². The second kappa shape index (κ2) is 3.02. The van der Waals surface area contributed by atoms with Gasteiger partial charge in [-0.2, -0.15) is 0 Å². The third kappa shape index (κ3) is 1.52. The Bertz CT molecular complexity index is 489. The summed E-state index contributed by atoms with van der Waals surface area (Å²) in [5, 5.41) is 2.39. The summed E-state index contributed by atoms with van der Waals surface area (Å²) in [5.74, 6) is 0.373. The van der Waals surface area contributed by atoms with Gasteiger partial charge in [-0.25, -0.2) is 9.78 Å². The number of urea groups is 1. The predicted octanol–water partition coefficient (Wildman–Crippen LogP) is 1.36. The van der Waals surface area contributed by atoms with Crippen molar-refractivity contribution in [2.45, 2.75) is 6.92 Å². The topological polar surface area (TPSA) is 83.8 Å². The van der Waals surface area contributed by atoms with E-state index in [2.05, 4.69) is 15.3 Å². The van der Waals surface area contributed by atoms with Crippen LogP contribution in [0.15, 0.2) is 18.2 Å². The number of amides is 2. The minimum absolute atomic E-state index is 0.373. The number of benzene rings is 1. The first-order valence-corrected chi connectivity index (χ1v) is 4.18. The molecule has 14 heavy (non-hydrogen) atoms. The second-order valence-corrected chi connectivity index (χ2v) is 3.10. The lowest BCUT2D eigenvalue weighted by molar-refractivity contribution is 0.259.